The fourth-order valence-electron chi connectivity index (χ4n) is 5.27. The maximum absolute atomic E-state index is 12.7. The fraction of sp³-hybridized carbons (Fsp3) is 0.444. The second-order valence-electron chi connectivity index (χ2n) is 13.4. The van der Waals surface area contributed by atoms with Gasteiger partial charge in [0.2, 0.25) is 0 Å². The van der Waals surface area contributed by atoms with Crippen molar-refractivity contribution in [2.75, 3.05) is 31.5 Å². The van der Waals surface area contributed by atoms with Crippen LogP contribution in [-0.4, -0.2) is 63.7 Å². The predicted octanol–water partition coefficient (Wildman–Crippen LogP) is 6.13. The van der Waals surface area contributed by atoms with Crippen LogP contribution in [0.2, 0.25) is 0 Å². The summed E-state index contributed by atoms with van der Waals surface area (Å²) >= 11 is 0. The van der Waals surface area contributed by atoms with Crippen LogP contribution in [0.5, 0.6) is 0 Å². The number of piperidine rings is 1. The lowest BCUT2D eigenvalue weighted by Crippen LogP contribution is -2.38. The van der Waals surface area contributed by atoms with Crippen molar-refractivity contribution in [1.29, 1.82) is 0 Å². The molecule has 5 rings (SSSR count). The summed E-state index contributed by atoms with van der Waals surface area (Å²) in [6.45, 7) is 12.2. The maximum atomic E-state index is 12.7. The van der Waals surface area contributed by atoms with Crippen molar-refractivity contribution in [3.05, 3.63) is 95.8 Å². The molecule has 2 aromatic heterocycles. The van der Waals surface area contributed by atoms with E-state index in [-0.39, 0.29) is 12.2 Å². The largest absolute Gasteiger partial charge is 0.369 e. The van der Waals surface area contributed by atoms with E-state index in [9.17, 15) is 9.59 Å². The number of benzene rings is 2. The van der Waals surface area contributed by atoms with E-state index >= 15 is 0 Å². The zero-order valence-electron chi connectivity index (χ0n) is 27.4. The average molecular weight is 628 g/mol. The molecule has 1 aliphatic rings. The molecular weight excluding hydrogens is 582 g/mol. The number of imidazole rings is 1. The van der Waals surface area contributed by atoms with E-state index in [1.807, 2.05) is 24.3 Å². The number of carbonyl (C=O) groups is 2. The molecule has 1 fully saturated rings. The average Bonchev–Trinajstić information content (AvgIpc) is 3.50. The fourth-order valence-corrected chi connectivity index (χ4v) is 5.27. The van der Waals surface area contributed by atoms with Gasteiger partial charge in [-0.1, -0.05) is 60.7 Å². The zero-order chi connectivity index (χ0) is 32.7. The van der Waals surface area contributed by atoms with Crippen LogP contribution in [-0.2, 0) is 29.5 Å². The van der Waals surface area contributed by atoms with Crippen LogP contribution in [0.25, 0.3) is 5.65 Å². The number of fused-ring (bicyclic) bond motifs is 1. The van der Waals surface area contributed by atoms with Crippen molar-refractivity contribution in [2.24, 2.45) is 5.41 Å². The summed E-state index contributed by atoms with van der Waals surface area (Å²) in [4.78, 5) is 41.4. The lowest BCUT2D eigenvalue weighted by Gasteiger charge is -2.34. The first-order chi connectivity index (χ1) is 22.0. The van der Waals surface area contributed by atoms with Gasteiger partial charge < -0.3 is 15.0 Å². The normalized spacial score (nSPS) is 14.8. The van der Waals surface area contributed by atoms with E-state index in [1.54, 1.807) is 45.3 Å². The van der Waals surface area contributed by atoms with Crippen molar-refractivity contribution >= 4 is 23.4 Å². The van der Waals surface area contributed by atoms with E-state index in [0.717, 1.165) is 51.3 Å². The van der Waals surface area contributed by atoms with Crippen LogP contribution in [0.15, 0.2) is 79.0 Å². The van der Waals surface area contributed by atoms with Crippen LogP contribution in [0.1, 0.15) is 76.8 Å². The third-order valence-electron chi connectivity index (χ3n) is 8.30. The first kappa shape index (κ1) is 33.1. The molecule has 0 unspecified atom stereocenters. The van der Waals surface area contributed by atoms with Gasteiger partial charge in [0.05, 0.1) is 23.4 Å². The van der Waals surface area contributed by atoms with Gasteiger partial charge in [-0.25, -0.2) is 28.9 Å². The summed E-state index contributed by atoms with van der Waals surface area (Å²) in [5, 5.41) is 8.03. The Labute approximate surface area is 271 Å². The number of anilines is 1. The maximum Gasteiger partial charge on any atom is 0.367 e. The van der Waals surface area contributed by atoms with E-state index in [2.05, 4.69) is 68.8 Å². The van der Waals surface area contributed by atoms with Gasteiger partial charge in [0, 0.05) is 19.6 Å². The monoisotopic (exact) mass is 627 g/mol. The number of likely N-dealkylation sites (tertiary alicyclic amines) is 1. The first-order valence-electron chi connectivity index (χ1n) is 16.0. The SMILES string of the molecule is CC(C)(C)C(=O)OOC(=O)C(C)(C)c1cn2nc(NCCCN3CCC(OC(c4ccccc4)c4ccccc4)CC3)ccc2n1. The summed E-state index contributed by atoms with van der Waals surface area (Å²) in [6, 6.07) is 24.7. The highest BCUT2D eigenvalue weighted by molar-refractivity contribution is 5.83. The quantitative estimate of drug-likeness (QED) is 0.119. The number of ether oxygens (including phenoxy) is 1. The van der Waals surface area contributed by atoms with Gasteiger partial charge in [-0.2, -0.15) is 0 Å². The second kappa shape index (κ2) is 14.4. The molecule has 10 nitrogen and oxygen atoms in total. The molecule has 0 bridgehead atoms. The van der Waals surface area contributed by atoms with Crippen LogP contribution in [0.3, 0.4) is 0 Å². The molecule has 2 aromatic carbocycles. The Kier molecular flexibility index (Phi) is 10.4. The molecule has 0 amide bonds. The molecule has 1 aliphatic heterocycles. The zero-order valence-corrected chi connectivity index (χ0v) is 27.4. The molecule has 1 N–H and O–H groups in total. The predicted molar refractivity (Wildman–Crippen MR) is 176 cm³/mol. The summed E-state index contributed by atoms with van der Waals surface area (Å²) < 4.78 is 8.34. The topological polar surface area (TPSA) is 107 Å². The van der Waals surface area contributed by atoms with Gasteiger partial charge in [0.25, 0.3) is 0 Å². The van der Waals surface area contributed by atoms with E-state index < -0.39 is 22.8 Å². The summed E-state index contributed by atoms with van der Waals surface area (Å²) in [5.41, 5.74) is 1.49. The Hall–Kier alpha value is -4.28. The Morgan fingerprint density at radius 1 is 0.870 bits per heavy atom. The number of hydrogen-bond acceptors (Lipinski definition) is 9. The number of hydrogen-bond donors (Lipinski definition) is 1. The van der Waals surface area contributed by atoms with Crippen LogP contribution in [0, 0.1) is 5.41 Å². The molecule has 3 heterocycles. The first-order valence-corrected chi connectivity index (χ1v) is 16.0. The molecule has 0 spiro atoms. The van der Waals surface area contributed by atoms with Crippen molar-refractivity contribution in [2.45, 2.75) is 71.5 Å². The molecule has 10 heteroatoms. The summed E-state index contributed by atoms with van der Waals surface area (Å²) in [5.74, 6) is -0.621. The Balaban J connectivity index is 1.07. The number of nitrogens with zero attached hydrogens (tertiary/aromatic N) is 4. The number of aromatic nitrogens is 3. The van der Waals surface area contributed by atoms with E-state index in [4.69, 9.17) is 14.5 Å². The van der Waals surface area contributed by atoms with Gasteiger partial charge in [0.15, 0.2) is 5.65 Å². The highest BCUT2D eigenvalue weighted by Crippen LogP contribution is 2.30. The van der Waals surface area contributed by atoms with Gasteiger partial charge in [0.1, 0.15) is 17.3 Å². The molecular formula is C36H45N5O5. The lowest BCUT2D eigenvalue weighted by molar-refractivity contribution is -0.268. The van der Waals surface area contributed by atoms with Crippen molar-refractivity contribution < 1.29 is 24.1 Å². The Bertz CT molecular complexity index is 1550. The third-order valence-corrected chi connectivity index (χ3v) is 8.30. The molecule has 1 saturated heterocycles. The second-order valence-corrected chi connectivity index (χ2v) is 13.4. The highest BCUT2D eigenvalue weighted by Gasteiger charge is 2.37. The minimum Gasteiger partial charge on any atom is -0.369 e. The molecule has 4 aromatic rings. The number of nitrogens with one attached hydrogen (secondary N) is 1. The molecule has 0 aliphatic carbocycles. The van der Waals surface area contributed by atoms with E-state index in [0.29, 0.717) is 11.3 Å². The van der Waals surface area contributed by atoms with Crippen LogP contribution < -0.4 is 5.32 Å². The highest BCUT2D eigenvalue weighted by atomic mass is 17.2. The Morgan fingerprint density at radius 3 is 2.09 bits per heavy atom. The van der Waals surface area contributed by atoms with Gasteiger partial charge in [-0.05, 0) is 83.7 Å². The summed E-state index contributed by atoms with van der Waals surface area (Å²) in [6.07, 6.45) is 4.85. The standard InChI is InChI=1S/C36H45N5O5/c1-35(2,3)33(42)45-46-34(43)36(4,5)29-25-41-31(38-29)18-17-30(39-41)37-21-12-22-40-23-19-28(20-24-40)44-32(26-13-8-6-9-14-26)27-15-10-7-11-16-27/h6-11,13-18,25,28,32H,12,19-24H2,1-5H3,(H,37,39). The van der Waals surface area contributed by atoms with E-state index in [1.165, 1.54) is 11.1 Å². The van der Waals surface area contributed by atoms with Gasteiger partial charge >= 0.3 is 11.9 Å². The number of carbonyl (C=O) groups excluding carboxylic acids is 2. The molecule has 0 saturated carbocycles. The van der Waals surface area contributed by atoms with Gasteiger partial charge in [-0.15, -0.1) is 5.10 Å². The minimum atomic E-state index is -1.15. The third kappa shape index (κ3) is 8.30. The smallest absolute Gasteiger partial charge is 0.367 e. The van der Waals surface area contributed by atoms with Crippen molar-refractivity contribution in [3.8, 4) is 0 Å². The Morgan fingerprint density at radius 2 is 1.48 bits per heavy atom. The molecule has 0 atom stereocenters. The molecule has 46 heavy (non-hydrogen) atoms. The minimum absolute atomic E-state index is 0.0578. The lowest BCUT2D eigenvalue weighted by atomic mass is 9.90. The van der Waals surface area contributed by atoms with Crippen molar-refractivity contribution in [3.63, 3.8) is 0 Å². The summed E-state index contributed by atoms with van der Waals surface area (Å²) in [7, 11) is 0. The molecule has 0 radical (unpaired) electrons. The van der Waals surface area contributed by atoms with Gasteiger partial charge in [-0.3, -0.25) is 0 Å². The van der Waals surface area contributed by atoms with Crippen LogP contribution >= 0.6 is 0 Å². The molecule has 244 valence electrons. The number of rotatable bonds is 11. The van der Waals surface area contributed by atoms with Crippen molar-refractivity contribution in [1.82, 2.24) is 19.5 Å². The van der Waals surface area contributed by atoms with Crippen LogP contribution in [0.4, 0.5) is 5.82 Å².